The molecule has 32 valence electrons. The first-order valence-electron chi connectivity index (χ1n) is 1.61. The van der Waals surface area contributed by atoms with Gasteiger partial charge in [-0.05, 0) is 0 Å². The van der Waals surface area contributed by atoms with Crippen LogP contribution in [0.5, 0.6) is 0 Å². The number of hydrogen-bond acceptors (Lipinski definition) is 2. The summed E-state index contributed by atoms with van der Waals surface area (Å²) in [5, 5.41) is 5.75. The Labute approximate surface area is 34.2 Å². The van der Waals surface area contributed by atoms with E-state index in [1.165, 1.54) is 0 Å². The van der Waals surface area contributed by atoms with Crippen molar-refractivity contribution in [2.75, 3.05) is 6.54 Å². The molecule has 1 amide bonds. The van der Waals surface area contributed by atoms with Gasteiger partial charge in [-0.3, -0.25) is 0 Å². The summed E-state index contributed by atoms with van der Waals surface area (Å²) >= 11 is 0. The van der Waals surface area contributed by atoms with E-state index in [2.05, 4.69) is 15.8 Å². The van der Waals surface area contributed by atoms with Crippen LogP contribution < -0.4 is 10.5 Å². The van der Waals surface area contributed by atoms with Crippen LogP contribution in [0.3, 0.4) is 0 Å². The van der Waals surface area contributed by atoms with E-state index >= 15 is 0 Å². The lowest BCUT2D eigenvalue weighted by Gasteiger charge is -1.63. The number of amides is 1. The molecule has 0 aliphatic carbocycles. The Morgan fingerprint density at radius 1 is 2.00 bits per heavy atom. The molecule has 4 nitrogen and oxygen atoms in total. The Morgan fingerprint density at radius 3 is 3.00 bits per heavy atom. The van der Waals surface area contributed by atoms with Crippen molar-refractivity contribution in [3.05, 3.63) is 0 Å². The largest absolute Gasteiger partial charge is 0.370 e. The van der Waals surface area contributed by atoms with E-state index in [-0.39, 0.29) is 5.91 Å². The summed E-state index contributed by atoms with van der Waals surface area (Å²) in [5.74, 6) is -0.0741. The van der Waals surface area contributed by atoms with E-state index in [0.29, 0.717) is 6.54 Å². The second-order valence-electron chi connectivity index (χ2n) is 0.982. The van der Waals surface area contributed by atoms with E-state index in [0.717, 1.165) is 0 Å². The molecule has 1 aliphatic heterocycles. The fourth-order valence-electron chi connectivity index (χ4n) is 0.253. The Kier molecular flexibility index (Phi) is 0.567. The molecule has 0 spiro atoms. The molecule has 0 saturated heterocycles. The van der Waals surface area contributed by atoms with E-state index in [1.807, 2.05) is 0 Å². The van der Waals surface area contributed by atoms with Crippen LogP contribution in [0.4, 0.5) is 0 Å². The zero-order valence-corrected chi connectivity index (χ0v) is 3.06. The lowest BCUT2D eigenvalue weighted by Crippen LogP contribution is -2.64. The highest BCUT2D eigenvalue weighted by Gasteiger charge is 2.09. The molecule has 0 bridgehead atoms. The highest BCUT2D eigenvalue weighted by molar-refractivity contribution is 5.76. The monoisotopic (exact) mass is 86.0 g/mol. The molecule has 6 heavy (non-hydrogen) atoms. The fourth-order valence-corrected chi connectivity index (χ4v) is 0.253. The molecule has 0 radical (unpaired) electrons. The van der Waals surface area contributed by atoms with Gasteiger partial charge >= 0.3 is 5.91 Å². The molecule has 1 aliphatic rings. The van der Waals surface area contributed by atoms with Crippen molar-refractivity contribution >= 4 is 5.91 Å². The van der Waals surface area contributed by atoms with Crippen LogP contribution in [0.1, 0.15) is 0 Å². The summed E-state index contributed by atoms with van der Waals surface area (Å²) in [5.41, 5.74) is 2.19. The first-order valence-corrected chi connectivity index (χ1v) is 1.61. The molecule has 0 atom stereocenters. The number of nitrogens with zero attached hydrogens (tertiary/aromatic N) is 1. The maximum Gasteiger partial charge on any atom is 0.370 e. The van der Waals surface area contributed by atoms with E-state index in [9.17, 15) is 4.79 Å². The lowest BCUT2D eigenvalue weighted by molar-refractivity contribution is -0.512. The molecular formula is C2H4N3O+. The van der Waals surface area contributed by atoms with Gasteiger partial charge in [0.2, 0.25) is 6.54 Å². The van der Waals surface area contributed by atoms with Crippen LogP contribution in [0.25, 0.3) is 0 Å². The Hall–Kier alpha value is -0.930. The number of carbonyl (C=O) groups is 1. The van der Waals surface area contributed by atoms with Gasteiger partial charge in [-0.1, -0.05) is 0 Å². The minimum Gasteiger partial charge on any atom is -0.240 e. The van der Waals surface area contributed by atoms with E-state index in [1.54, 1.807) is 0 Å². The molecule has 0 aromatic carbocycles. The molecule has 0 aromatic rings. The van der Waals surface area contributed by atoms with Crippen LogP contribution in [0.2, 0.25) is 0 Å². The number of hydrogen-bond donors (Lipinski definition) is 2. The molecule has 0 aromatic heterocycles. The smallest absolute Gasteiger partial charge is 0.240 e. The normalized spacial score (nSPS) is 18.3. The lowest BCUT2D eigenvalue weighted by atomic mass is 10.7. The molecular weight excluding hydrogens is 82.0 g/mol. The minimum atomic E-state index is -0.0741. The topological polar surface area (TPSA) is 55.4 Å². The second-order valence-corrected chi connectivity index (χ2v) is 0.982. The summed E-state index contributed by atoms with van der Waals surface area (Å²) in [6.45, 7) is 0.319. The zero-order chi connectivity index (χ0) is 4.41. The number of carbonyl (C=O) groups excluding carboxylic acids is 1. The average Bonchev–Trinajstić information content (AvgIpc) is 1.86. The predicted molar refractivity (Wildman–Crippen MR) is 16.4 cm³/mol. The van der Waals surface area contributed by atoms with Crippen molar-refractivity contribution in [3.8, 4) is 0 Å². The van der Waals surface area contributed by atoms with Crippen molar-refractivity contribution < 1.29 is 9.91 Å². The minimum absolute atomic E-state index is 0.0741. The predicted octanol–water partition coefficient (Wildman–Crippen LogP) is -2.44. The van der Waals surface area contributed by atoms with Crippen LogP contribution >= 0.6 is 0 Å². The number of rotatable bonds is 0. The zero-order valence-electron chi connectivity index (χ0n) is 3.06. The van der Waals surface area contributed by atoms with Gasteiger partial charge in [-0.2, -0.15) is 5.11 Å². The third-order valence-electron chi connectivity index (χ3n) is 0.499. The van der Waals surface area contributed by atoms with Gasteiger partial charge in [-0.15, -0.1) is 5.43 Å². The Balaban J connectivity index is 2.52. The SMILES string of the molecule is O=C1C[NH+]=NN1. The Bertz CT molecular complexity index is 87.0. The van der Waals surface area contributed by atoms with Crippen LogP contribution in [-0.2, 0) is 4.79 Å². The summed E-state index contributed by atoms with van der Waals surface area (Å²) in [6, 6.07) is 0. The molecule has 0 unspecified atom stereocenters. The molecule has 4 heteroatoms. The highest BCUT2D eigenvalue weighted by atomic mass is 16.2. The molecule has 2 N–H and O–H groups in total. The van der Waals surface area contributed by atoms with Gasteiger partial charge in [0.1, 0.15) is 0 Å². The van der Waals surface area contributed by atoms with Gasteiger partial charge in [0.25, 0.3) is 0 Å². The van der Waals surface area contributed by atoms with Gasteiger partial charge in [0.05, 0.1) is 5.22 Å². The summed E-state index contributed by atoms with van der Waals surface area (Å²) < 4.78 is 0. The van der Waals surface area contributed by atoms with E-state index in [4.69, 9.17) is 0 Å². The van der Waals surface area contributed by atoms with Crippen molar-refractivity contribution in [3.63, 3.8) is 0 Å². The summed E-state index contributed by atoms with van der Waals surface area (Å²) in [4.78, 5) is 9.98. The number of nitrogens with one attached hydrogen (secondary N) is 2. The summed E-state index contributed by atoms with van der Waals surface area (Å²) in [6.07, 6.45) is 0. The van der Waals surface area contributed by atoms with Crippen molar-refractivity contribution in [1.82, 2.24) is 5.43 Å². The first kappa shape index (κ1) is 3.27. The molecule has 0 fully saturated rings. The summed E-state index contributed by atoms with van der Waals surface area (Å²) in [7, 11) is 0. The standard InChI is InChI=1S/C2H3N3O/c6-2-1-3-5-4-2/h1H2,(H,3,4,6)/p+1. The van der Waals surface area contributed by atoms with Crippen molar-refractivity contribution in [1.29, 1.82) is 0 Å². The van der Waals surface area contributed by atoms with Gasteiger partial charge in [0.15, 0.2) is 0 Å². The maximum atomic E-state index is 9.98. The second kappa shape index (κ2) is 1.04. The third kappa shape index (κ3) is 0.357. The van der Waals surface area contributed by atoms with Crippen LogP contribution in [0.15, 0.2) is 5.22 Å². The van der Waals surface area contributed by atoms with Crippen LogP contribution in [-0.4, -0.2) is 12.5 Å². The Morgan fingerprint density at radius 2 is 2.83 bits per heavy atom. The fraction of sp³-hybridized carbons (Fsp3) is 0.500. The average molecular weight is 86.1 g/mol. The van der Waals surface area contributed by atoms with Crippen molar-refractivity contribution in [2.24, 2.45) is 5.22 Å². The van der Waals surface area contributed by atoms with Crippen LogP contribution in [0, 0.1) is 0 Å². The maximum absolute atomic E-state index is 9.98. The van der Waals surface area contributed by atoms with Gasteiger partial charge < -0.3 is 0 Å². The van der Waals surface area contributed by atoms with Gasteiger partial charge in [0, 0.05) is 0 Å². The molecule has 1 rings (SSSR count). The molecule has 1 heterocycles. The first-order chi connectivity index (χ1) is 2.89. The quantitative estimate of drug-likeness (QED) is 0.338. The molecule has 0 saturated carbocycles. The van der Waals surface area contributed by atoms with E-state index < -0.39 is 0 Å². The third-order valence-corrected chi connectivity index (χ3v) is 0.499. The van der Waals surface area contributed by atoms with Gasteiger partial charge in [-0.25, -0.2) is 4.79 Å². The highest BCUT2D eigenvalue weighted by Crippen LogP contribution is 1.56. The van der Waals surface area contributed by atoms with Crippen molar-refractivity contribution in [2.45, 2.75) is 0 Å².